The molecule has 0 radical (unpaired) electrons. The van der Waals surface area contributed by atoms with E-state index in [2.05, 4.69) is 21.2 Å². The molecule has 1 fully saturated rings. The van der Waals surface area contributed by atoms with Crippen LogP contribution >= 0.6 is 15.9 Å². The van der Waals surface area contributed by atoms with Crippen molar-refractivity contribution in [1.82, 2.24) is 10.2 Å². The Hall–Kier alpha value is -2.61. The molecule has 2 aromatic rings. The van der Waals surface area contributed by atoms with E-state index in [1.54, 1.807) is 31.2 Å². The molecular weight excluding hydrogens is 419 g/mol. The lowest BCUT2D eigenvalue weighted by Crippen LogP contribution is -2.40. The van der Waals surface area contributed by atoms with Gasteiger partial charge >= 0.3 is 6.03 Å². The monoisotopic (exact) mass is 436 g/mol. The predicted molar refractivity (Wildman–Crippen MR) is 100 cm³/mol. The minimum absolute atomic E-state index is 0.160. The number of carbonyl (C=O) groups is 2. The van der Waals surface area contributed by atoms with Crippen LogP contribution in [0.4, 0.5) is 9.18 Å². The molecule has 1 N–H and O–H groups in total. The van der Waals surface area contributed by atoms with Gasteiger partial charge in [0, 0.05) is 10.0 Å². The van der Waals surface area contributed by atoms with Gasteiger partial charge in [0.1, 0.15) is 11.4 Å². The molecule has 1 saturated heterocycles. The molecule has 6 nitrogen and oxygen atoms in total. The second-order valence-corrected chi connectivity index (χ2v) is 7.17. The van der Waals surface area contributed by atoms with Crippen molar-refractivity contribution >= 4 is 27.9 Å². The summed E-state index contributed by atoms with van der Waals surface area (Å²) in [7, 11) is 3.00. The first-order valence-corrected chi connectivity index (χ1v) is 8.90. The highest BCUT2D eigenvalue weighted by molar-refractivity contribution is 9.10. The largest absolute Gasteiger partial charge is 0.493 e. The number of methoxy groups -OCH3 is 2. The fraction of sp³-hybridized carbons (Fsp3) is 0.263. The standard InChI is InChI=1S/C19H18BrFN2O4/c1-19(12-5-7-15(26-2)16(8-12)27-3)17(24)23(18(25)22-19)10-11-4-6-13(20)9-14(11)21/h4-9H,10H2,1-3H3,(H,22,25). The predicted octanol–water partition coefficient (Wildman–Crippen LogP) is 3.57. The van der Waals surface area contributed by atoms with Gasteiger partial charge in [-0.05, 0) is 36.8 Å². The van der Waals surface area contributed by atoms with Crippen molar-refractivity contribution < 1.29 is 23.5 Å². The number of benzene rings is 2. The van der Waals surface area contributed by atoms with Gasteiger partial charge in [0.15, 0.2) is 11.5 Å². The summed E-state index contributed by atoms with van der Waals surface area (Å²) < 4.78 is 25.2. The Morgan fingerprint density at radius 1 is 1.11 bits per heavy atom. The van der Waals surface area contributed by atoms with E-state index in [1.165, 1.54) is 26.4 Å². The zero-order valence-electron chi connectivity index (χ0n) is 15.0. The molecule has 0 bridgehead atoms. The van der Waals surface area contributed by atoms with E-state index in [-0.39, 0.29) is 12.1 Å². The van der Waals surface area contributed by atoms with Gasteiger partial charge in [-0.1, -0.05) is 28.1 Å². The third-order valence-electron chi connectivity index (χ3n) is 4.58. The maximum atomic E-state index is 14.1. The molecule has 0 aliphatic carbocycles. The summed E-state index contributed by atoms with van der Waals surface area (Å²) in [6, 6.07) is 8.89. The highest BCUT2D eigenvalue weighted by Crippen LogP contribution is 2.36. The van der Waals surface area contributed by atoms with Gasteiger partial charge in [0.05, 0.1) is 20.8 Å². The normalized spacial score (nSPS) is 19.2. The van der Waals surface area contributed by atoms with Crippen LogP contribution in [0.15, 0.2) is 40.9 Å². The summed E-state index contributed by atoms with van der Waals surface area (Å²) in [6.07, 6.45) is 0. The number of ether oxygens (including phenoxy) is 2. The third-order valence-corrected chi connectivity index (χ3v) is 5.07. The average Bonchev–Trinajstić information content (AvgIpc) is 2.87. The molecule has 3 amide bonds. The minimum atomic E-state index is -1.29. The molecule has 142 valence electrons. The van der Waals surface area contributed by atoms with Crippen molar-refractivity contribution in [2.75, 3.05) is 14.2 Å². The number of nitrogens with zero attached hydrogens (tertiary/aromatic N) is 1. The van der Waals surface area contributed by atoms with Gasteiger partial charge in [-0.3, -0.25) is 9.69 Å². The fourth-order valence-corrected chi connectivity index (χ4v) is 3.34. The lowest BCUT2D eigenvalue weighted by Gasteiger charge is -2.23. The molecule has 0 spiro atoms. The minimum Gasteiger partial charge on any atom is -0.493 e. The summed E-state index contributed by atoms with van der Waals surface area (Å²) >= 11 is 3.18. The van der Waals surface area contributed by atoms with E-state index in [9.17, 15) is 14.0 Å². The van der Waals surface area contributed by atoms with E-state index < -0.39 is 23.3 Å². The number of urea groups is 1. The lowest BCUT2D eigenvalue weighted by molar-refractivity contribution is -0.131. The quantitative estimate of drug-likeness (QED) is 0.727. The first kappa shape index (κ1) is 19.2. The van der Waals surface area contributed by atoms with Crippen LogP contribution in [0.1, 0.15) is 18.1 Å². The van der Waals surface area contributed by atoms with Crippen molar-refractivity contribution in [3.8, 4) is 11.5 Å². The molecule has 27 heavy (non-hydrogen) atoms. The van der Waals surface area contributed by atoms with E-state index in [0.29, 0.717) is 21.5 Å². The summed E-state index contributed by atoms with van der Waals surface area (Å²) in [5, 5.41) is 2.70. The molecular formula is C19H18BrFN2O4. The number of hydrogen-bond donors (Lipinski definition) is 1. The molecule has 8 heteroatoms. The van der Waals surface area contributed by atoms with Crippen LogP contribution in [0.2, 0.25) is 0 Å². The van der Waals surface area contributed by atoms with Gasteiger partial charge in [0.2, 0.25) is 0 Å². The van der Waals surface area contributed by atoms with Crippen molar-refractivity contribution in [3.05, 3.63) is 57.8 Å². The molecule has 0 saturated carbocycles. The molecule has 1 unspecified atom stereocenters. The smallest absolute Gasteiger partial charge is 0.325 e. The molecule has 3 rings (SSSR count). The third kappa shape index (κ3) is 3.37. The van der Waals surface area contributed by atoms with Crippen LogP contribution in [-0.2, 0) is 16.9 Å². The zero-order valence-corrected chi connectivity index (χ0v) is 16.6. The number of hydrogen-bond acceptors (Lipinski definition) is 4. The molecule has 1 atom stereocenters. The van der Waals surface area contributed by atoms with Crippen LogP contribution in [0.5, 0.6) is 11.5 Å². The second-order valence-electron chi connectivity index (χ2n) is 6.25. The zero-order chi connectivity index (χ0) is 19.8. The molecule has 1 heterocycles. The Morgan fingerprint density at radius 3 is 2.44 bits per heavy atom. The number of rotatable bonds is 5. The Balaban J connectivity index is 1.92. The van der Waals surface area contributed by atoms with Gasteiger partial charge in [-0.2, -0.15) is 0 Å². The van der Waals surface area contributed by atoms with Crippen molar-refractivity contribution in [2.45, 2.75) is 19.0 Å². The Morgan fingerprint density at radius 2 is 1.81 bits per heavy atom. The van der Waals surface area contributed by atoms with Gasteiger partial charge in [-0.25, -0.2) is 9.18 Å². The molecule has 1 aliphatic heterocycles. The molecule has 2 aromatic carbocycles. The summed E-state index contributed by atoms with van der Waals surface area (Å²) in [4.78, 5) is 26.5. The van der Waals surface area contributed by atoms with E-state index in [4.69, 9.17) is 9.47 Å². The van der Waals surface area contributed by atoms with Crippen molar-refractivity contribution in [2.24, 2.45) is 0 Å². The SMILES string of the molecule is COc1ccc(C2(C)NC(=O)N(Cc3ccc(Br)cc3F)C2=O)cc1OC. The van der Waals surface area contributed by atoms with Gasteiger partial charge in [0.25, 0.3) is 5.91 Å². The molecule has 1 aliphatic rings. The van der Waals surface area contributed by atoms with E-state index in [1.807, 2.05) is 0 Å². The van der Waals surface area contributed by atoms with E-state index >= 15 is 0 Å². The number of halogens is 2. The average molecular weight is 437 g/mol. The maximum absolute atomic E-state index is 14.1. The summed E-state index contributed by atoms with van der Waals surface area (Å²) in [5.74, 6) is -0.0159. The number of imide groups is 1. The van der Waals surface area contributed by atoms with Crippen molar-refractivity contribution in [3.63, 3.8) is 0 Å². The van der Waals surface area contributed by atoms with Crippen LogP contribution in [0.25, 0.3) is 0 Å². The van der Waals surface area contributed by atoms with Crippen LogP contribution in [-0.4, -0.2) is 31.1 Å². The summed E-state index contributed by atoms with van der Waals surface area (Å²) in [5.41, 5.74) is -0.502. The highest BCUT2D eigenvalue weighted by Gasteiger charge is 2.49. The number of nitrogens with one attached hydrogen (secondary N) is 1. The second kappa shape index (κ2) is 7.19. The fourth-order valence-electron chi connectivity index (χ4n) is 3.00. The van der Waals surface area contributed by atoms with Crippen LogP contribution in [0, 0.1) is 5.82 Å². The first-order valence-electron chi connectivity index (χ1n) is 8.10. The summed E-state index contributed by atoms with van der Waals surface area (Å²) in [6.45, 7) is 1.44. The topological polar surface area (TPSA) is 67.9 Å². The Kier molecular flexibility index (Phi) is 5.10. The van der Waals surface area contributed by atoms with Gasteiger partial charge in [-0.15, -0.1) is 0 Å². The van der Waals surface area contributed by atoms with Crippen molar-refractivity contribution in [1.29, 1.82) is 0 Å². The maximum Gasteiger partial charge on any atom is 0.325 e. The van der Waals surface area contributed by atoms with E-state index in [0.717, 1.165) is 4.90 Å². The lowest BCUT2D eigenvalue weighted by atomic mass is 9.91. The first-order chi connectivity index (χ1) is 12.8. The highest BCUT2D eigenvalue weighted by atomic mass is 79.9. The van der Waals surface area contributed by atoms with Crippen LogP contribution in [0.3, 0.4) is 0 Å². The Labute approximate surface area is 164 Å². The number of amides is 3. The Bertz CT molecular complexity index is 921. The number of carbonyl (C=O) groups excluding carboxylic acids is 2. The molecule has 0 aromatic heterocycles. The van der Waals surface area contributed by atoms with Gasteiger partial charge < -0.3 is 14.8 Å². The van der Waals surface area contributed by atoms with Crippen LogP contribution < -0.4 is 14.8 Å².